The van der Waals surface area contributed by atoms with E-state index in [9.17, 15) is 0 Å². The molecule has 0 saturated heterocycles. The molecule has 0 amide bonds. The van der Waals surface area contributed by atoms with Crippen LogP contribution in [-0.2, 0) is 26.2 Å². The Morgan fingerprint density at radius 3 is 1.17 bits per heavy atom. The van der Waals surface area contributed by atoms with Crippen LogP contribution >= 0.6 is 0 Å². The number of aliphatic hydroxyl groups excluding tert-OH is 2. The van der Waals surface area contributed by atoms with Gasteiger partial charge in [0.05, 0.1) is 13.2 Å². The van der Waals surface area contributed by atoms with E-state index >= 15 is 0 Å². The van der Waals surface area contributed by atoms with E-state index in [-0.39, 0.29) is 56.8 Å². The number of rotatable bonds is 1. The van der Waals surface area contributed by atoms with Gasteiger partial charge in [0.25, 0.3) is 0 Å². The first-order chi connectivity index (χ1) is 1.91. The summed E-state index contributed by atoms with van der Waals surface area (Å²) in [6.07, 6.45) is 0. The molecule has 0 rings (SSSR count). The monoisotopic (exact) mass is 179 g/mol. The van der Waals surface area contributed by atoms with Crippen LogP contribution in [0, 0.1) is 0 Å². The van der Waals surface area contributed by atoms with Gasteiger partial charge in [-0.2, -0.15) is 0 Å². The summed E-state index contributed by atoms with van der Waals surface area (Å²) in [6.45, 7) is -0.250. The minimum Gasteiger partial charge on any atom is -0.394 e. The second-order valence-electron chi connectivity index (χ2n) is 0.447. The Labute approximate surface area is 66.8 Å². The Bertz CT molecular complexity index is 13.5. The molecule has 2 N–H and O–H groups in total. The minimum atomic E-state index is -0.125. The van der Waals surface area contributed by atoms with Crippen molar-refractivity contribution in [3.63, 3.8) is 0 Å². The zero-order chi connectivity index (χ0) is 3.41. The topological polar surface area (TPSA) is 40.5 Å². The molecule has 0 aliphatic carbocycles. The van der Waals surface area contributed by atoms with E-state index in [1.165, 1.54) is 0 Å². The van der Waals surface area contributed by atoms with Gasteiger partial charge in [-0.1, -0.05) is 0 Å². The van der Waals surface area contributed by atoms with Gasteiger partial charge in [0.1, 0.15) is 0 Å². The molecule has 0 saturated carbocycles. The molecule has 0 aromatic rings. The summed E-state index contributed by atoms with van der Waals surface area (Å²) in [7, 11) is 0. The molecule has 0 aromatic carbocycles. The predicted molar refractivity (Wildman–Crippen MR) is 19.9 cm³/mol. The molecule has 6 heavy (non-hydrogen) atoms. The minimum absolute atomic E-state index is 0. The molecule has 0 bridgehead atoms. The maximum absolute atomic E-state index is 7.62. The normalized spacial score (nSPS) is 5.00. The maximum Gasteiger partial charge on any atom is 0.0662 e. The number of aliphatic hydroxyl groups is 2. The van der Waals surface area contributed by atoms with Gasteiger partial charge in [-0.25, -0.2) is 0 Å². The van der Waals surface area contributed by atoms with Crippen molar-refractivity contribution in [1.82, 2.24) is 0 Å². The van der Waals surface area contributed by atoms with Gasteiger partial charge in [-0.3, -0.25) is 0 Å². The van der Waals surface area contributed by atoms with Gasteiger partial charge >= 0.3 is 0 Å². The summed E-state index contributed by atoms with van der Waals surface area (Å²) in [5, 5.41) is 15.2. The standard InChI is InChI=1S/C2H6O2.Al.Zr/c3-1-2-4;;/h3-4H,1-2H2;;. The van der Waals surface area contributed by atoms with Crippen LogP contribution in [0.1, 0.15) is 0 Å². The van der Waals surface area contributed by atoms with Crippen LogP contribution in [0.3, 0.4) is 0 Å². The number of hydrogen-bond donors (Lipinski definition) is 2. The van der Waals surface area contributed by atoms with Gasteiger partial charge in [-0.15, -0.1) is 0 Å². The molecule has 0 spiro atoms. The Hall–Kier alpha value is 1.34. The molecule has 0 aliphatic rings. The third-order valence-corrected chi connectivity index (χ3v) is 0.1000. The summed E-state index contributed by atoms with van der Waals surface area (Å²) in [6, 6.07) is 0. The van der Waals surface area contributed by atoms with Crippen LogP contribution < -0.4 is 0 Å². The van der Waals surface area contributed by atoms with Gasteiger partial charge in [-0.05, 0) is 0 Å². The summed E-state index contributed by atoms with van der Waals surface area (Å²) < 4.78 is 0. The maximum atomic E-state index is 7.62. The van der Waals surface area contributed by atoms with Crippen LogP contribution in [0.2, 0.25) is 0 Å². The first-order valence-corrected chi connectivity index (χ1v) is 1.13. The molecule has 0 unspecified atom stereocenters. The van der Waals surface area contributed by atoms with Crippen LogP contribution in [0.25, 0.3) is 0 Å². The van der Waals surface area contributed by atoms with E-state index in [2.05, 4.69) is 0 Å². The molecule has 0 aromatic heterocycles. The van der Waals surface area contributed by atoms with Gasteiger partial charge in [0.2, 0.25) is 0 Å². The van der Waals surface area contributed by atoms with Crippen molar-refractivity contribution in [2.45, 2.75) is 0 Å². The van der Waals surface area contributed by atoms with Crippen LogP contribution in [0.5, 0.6) is 0 Å². The quantitative estimate of drug-likeness (QED) is 0.487. The molecule has 33 valence electrons. The Kier molecular flexibility index (Phi) is 42.3. The Balaban J connectivity index is -0.0000000450. The largest absolute Gasteiger partial charge is 0.394 e. The van der Waals surface area contributed by atoms with Crippen molar-refractivity contribution >= 4 is 17.4 Å². The first kappa shape index (κ1) is 15.7. The predicted octanol–water partition coefficient (Wildman–Crippen LogP) is -1.41. The molecule has 0 heterocycles. The van der Waals surface area contributed by atoms with E-state index in [4.69, 9.17) is 10.2 Å². The Morgan fingerprint density at radius 2 is 1.17 bits per heavy atom. The zero-order valence-corrected chi connectivity index (χ0v) is 7.00. The summed E-state index contributed by atoms with van der Waals surface area (Å²) >= 11 is 0. The molecule has 3 radical (unpaired) electrons. The molecule has 0 aliphatic heterocycles. The van der Waals surface area contributed by atoms with E-state index in [1.807, 2.05) is 0 Å². The third kappa shape index (κ3) is 18.4. The van der Waals surface area contributed by atoms with Crippen LogP contribution in [-0.4, -0.2) is 40.8 Å². The van der Waals surface area contributed by atoms with E-state index in [1.54, 1.807) is 0 Å². The SMILES string of the molecule is OCCO.[Al].[Zr]. The molecular formula is C2H6AlO2Zr. The van der Waals surface area contributed by atoms with E-state index in [0.717, 1.165) is 0 Å². The van der Waals surface area contributed by atoms with Crippen molar-refractivity contribution in [3.05, 3.63) is 0 Å². The Morgan fingerprint density at radius 1 is 1.00 bits per heavy atom. The molecule has 4 heteroatoms. The summed E-state index contributed by atoms with van der Waals surface area (Å²) in [4.78, 5) is 0. The average molecular weight is 180 g/mol. The van der Waals surface area contributed by atoms with Crippen LogP contribution in [0.4, 0.5) is 0 Å². The van der Waals surface area contributed by atoms with Crippen LogP contribution in [0.15, 0.2) is 0 Å². The molecule has 0 fully saturated rings. The molecular weight excluding hydrogens is 174 g/mol. The third-order valence-electron chi connectivity index (χ3n) is 0.1000. The van der Waals surface area contributed by atoms with E-state index < -0.39 is 0 Å². The fraction of sp³-hybridized carbons (Fsp3) is 1.00. The van der Waals surface area contributed by atoms with Crippen molar-refractivity contribution < 1.29 is 36.4 Å². The van der Waals surface area contributed by atoms with Crippen molar-refractivity contribution in [3.8, 4) is 0 Å². The first-order valence-electron chi connectivity index (χ1n) is 1.13. The van der Waals surface area contributed by atoms with Gasteiger partial charge in [0, 0.05) is 43.6 Å². The van der Waals surface area contributed by atoms with Crippen molar-refractivity contribution in [1.29, 1.82) is 0 Å². The molecule has 0 atom stereocenters. The van der Waals surface area contributed by atoms with E-state index in [0.29, 0.717) is 0 Å². The number of hydrogen-bond acceptors (Lipinski definition) is 2. The summed E-state index contributed by atoms with van der Waals surface area (Å²) in [5.41, 5.74) is 0. The second kappa shape index (κ2) is 16.2. The second-order valence-corrected chi connectivity index (χ2v) is 0.447. The fourth-order valence-corrected chi connectivity index (χ4v) is 0. The molecule has 2 nitrogen and oxygen atoms in total. The van der Waals surface area contributed by atoms with Gasteiger partial charge < -0.3 is 10.2 Å². The average Bonchev–Trinajstić information content (AvgIpc) is 1.37. The zero-order valence-electron chi connectivity index (χ0n) is 3.39. The fourth-order valence-electron chi connectivity index (χ4n) is 0. The smallest absolute Gasteiger partial charge is 0.0662 e. The summed E-state index contributed by atoms with van der Waals surface area (Å²) in [5.74, 6) is 0. The van der Waals surface area contributed by atoms with Gasteiger partial charge in [0.15, 0.2) is 0 Å². The van der Waals surface area contributed by atoms with Crippen molar-refractivity contribution in [2.24, 2.45) is 0 Å². The van der Waals surface area contributed by atoms with Crippen molar-refractivity contribution in [2.75, 3.05) is 13.2 Å².